The van der Waals surface area contributed by atoms with Crippen molar-refractivity contribution in [1.82, 2.24) is 4.90 Å². The molecule has 166 valence electrons. The molecule has 0 bridgehead atoms. The van der Waals surface area contributed by atoms with Crippen molar-refractivity contribution in [2.75, 3.05) is 27.4 Å². The van der Waals surface area contributed by atoms with Gasteiger partial charge in [-0.25, -0.2) is 0 Å². The number of furan rings is 1. The highest BCUT2D eigenvalue weighted by molar-refractivity contribution is 6.31. The van der Waals surface area contributed by atoms with E-state index in [2.05, 4.69) is 0 Å². The van der Waals surface area contributed by atoms with Crippen molar-refractivity contribution in [3.05, 3.63) is 70.1 Å². The summed E-state index contributed by atoms with van der Waals surface area (Å²) in [4.78, 5) is 27.6. The molecule has 1 aliphatic rings. The molecule has 0 radical (unpaired) electrons. The second-order valence-corrected chi connectivity index (χ2v) is 7.65. The second kappa shape index (κ2) is 8.57. The highest BCUT2D eigenvalue weighted by Crippen LogP contribution is 2.40. The number of ether oxygens (including phenoxy) is 2. The quantitative estimate of drug-likeness (QED) is 0.515. The Morgan fingerprint density at radius 1 is 1.16 bits per heavy atom. The van der Waals surface area contributed by atoms with E-state index in [1.54, 1.807) is 24.3 Å². The largest absolute Gasteiger partial charge is 0.508 e. The predicted molar refractivity (Wildman–Crippen MR) is 116 cm³/mol. The van der Waals surface area contributed by atoms with E-state index in [4.69, 9.17) is 25.5 Å². The maximum atomic E-state index is 13.5. The van der Waals surface area contributed by atoms with Crippen LogP contribution in [0.2, 0.25) is 5.02 Å². The first-order valence-electron chi connectivity index (χ1n) is 9.69. The molecule has 0 saturated carbocycles. The predicted octanol–water partition coefficient (Wildman–Crippen LogP) is 4.03. The van der Waals surface area contributed by atoms with Crippen LogP contribution in [0, 0.1) is 0 Å². The lowest BCUT2D eigenvalue weighted by molar-refractivity contribution is -0.130. The van der Waals surface area contributed by atoms with E-state index in [0.717, 1.165) is 0 Å². The highest BCUT2D eigenvalue weighted by atomic mass is 35.5. The molecular formula is C23H20ClNO7. The average molecular weight is 458 g/mol. The fourth-order valence-electron chi connectivity index (χ4n) is 3.79. The number of amides is 1. The zero-order valence-corrected chi connectivity index (χ0v) is 18.0. The summed E-state index contributed by atoms with van der Waals surface area (Å²) in [5.74, 6) is -1.70. The van der Waals surface area contributed by atoms with Gasteiger partial charge in [0.2, 0.25) is 5.78 Å². The lowest BCUT2D eigenvalue weighted by Crippen LogP contribution is -2.33. The van der Waals surface area contributed by atoms with Gasteiger partial charge in [-0.15, -0.1) is 0 Å². The minimum Gasteiger partial charge on any atom is -0.508 e. The van der Waals surface area contributed by atoms with Gasteiger partial charge >= 0.3 is 0 Å². The zero-order valence-electron chi connectivity index (χ0n) is 17.3. The third-order valence-corrected chi connectivity index (χ3v) is 5.50. The minimum absolute atomic E-state index is 0.0313. The number of Topliss-reactive ketones (excluding diaryl/α,β-unsaturated/α-hetero) is 1. The summed E-state index contributed by atoms with van der Waals surface area (Å²) in [7, 11) is 2.94. The van der Waals surface area contributed by atoms with E-state index < -0.39 is 23.5 Å². The van der Waals surface area contributed by atoms with Gasteiger partial charge in [0.25, 0.3) is 5.91 Å². The van der Waals surface area contributed by atoms with E-state index in [9.17, 15) is 19.8 Å². The Morgan fingerprint density at radius 2 is 1.88 bits per heavy atom. The Balaban J connectivity index is 1.82. The molecule has 2 N–H and O–H groups in total. The van der Waals surface area contributed by atoms with Crippen molar-refractivity contribution in [3.8, 4) is 11.5 Å². The third-order valence-electron chi connectivity index (χ3n) is 5.28. The summed E-state index contributed by atoms with van der Waals surface area (Å²) in [5.41, 5.74) is 0.736. The number of halogens is 1. The number of hydrogen-bond donors (Lipinski definition) is 2. The van der Waals surface area contributed by atoms with Gasteiger partial charge in [-0.1, -0.05) is 23.7 Å². The maximum Gasteiger partial charge on any atom is 0.290 e. The van der Waals surface area contributed by atoms with Gasteiger partial charge in [-0.2, -0.15) is 0 Å². The van der Waals surface area contributed by atoms with Gasteiger partial charge < -0.3 is 29.0 Å². The Morgan fingerprint density at radius 3 is 2.53 bits per heavy atom. The van der Waals surface area contributed by atoms with Crippen LogP contribution in [0.3, 0.4) is 0 Å². The lowest BCUT2D eigenvalue weighted by Gasteiger charge is -2.26. The van der Waals surface area contributed by atoms with E-state index in [1.165, 1.54) is 37.3 Å². The average Bonchev–Trinajstić information content (AvgIpc) is 3.31. The maximum absolute atomic E-state index is 13.5. The molecule has 1 atom stereocenters. The second-order valence-electron chi connectivity index (χ2n) is 7.21. The van der Waals surface area contributed by atoms with Crippen molar-refractivity contribution in [2.45, 2.75) is 6.04 Å². The van der Waals surface area contributed by atoms with Crippen molar-refractivity contribution >= 4 is 34.3 Å². The number of methoxy groups -OCH3 is 2. The number of aliphatic hydroxyl groups excluding tert-OH is 1. The van der Waals surface area contributed by atoms with Gasteiger partial charge in [0.15, 0.2) is 22.9 Å². The molecule has 0 aliphatic carbocycles. The first kappa shape index (κ1) is 21.7. The summed E-state index contributed by atoms with van der Waals surface area (Å²) >= 11 is 6.10. The van der Waals surface area contributed by atoms with E-state index in [1.807, 2.05) is 0 Å². The summed E-state index contributed by atoms with van der Waals surface area (Å²) < 4.78 is 16.1. The van der Waals surface area contributed by atoms with Crippen LogP contribution in [0.25, 0.3) is 11.0 Å². The van der Waals surface area contributed by atoms with Crippen molar-refractivity contribution < 1.29 is 33.7 Å². The molecule has 1 aromatic heterocycles. The van der Waals surface area contributed by atoms with E-state index >= 15 is 0 Å². The van der Waals surface area contributed by atoms with Gasteiger partial charge in [0, 0.05) is 30.1 Å². The smallest absolute Gasteiger partial charge is 0.290 e. The topological polar surface area (TPSA) is 109 Å². The zero-order chi connectivity index (χ0) is 23.0. The number of fused-ring (bicyclic) bond motifs is 1. The number of carbonyl (C=O) groups is 2. The number of hydrogen-bond acceptors (Lipinski definition) is 7. The van der Waals surface area contributed by atoms with Gasteiger partial charge in [-0.05, 0) is 29.8 Å². The first-order chi connectivity index (χ1) is 15.3. The number of benzene rings is 2. The number of rotatable bonds is 7. The van der Waals surface area contributed by atoms with Crippen LogP contribution in [-0.4, -0.2) is 54.2 Å². The molecular weight excluding hydrogens is 438 g/mol. The number of carbonyl (C=O) groups excluding carboxylic acids is 2. The SMILES string of the molecule is COCCN1C(=O)C(O)=C(C(=O)c2cc3cc(Cl)cc(OC)c3o2)C1c1ccc(O)cc1. The van der Waals surface area contributed by atoms with Crippen molar-refractivity contribution in [1.29, 1.82) is 0 Å². The Hall–Kier alpha value is -3.49. The molecule has 1 amide bonds. The fraction of sp³-hybridized carbons (Fsp3) is 0.217. The summed E-state index contributed by atoms with van der Waals surface area (Å²) in [6.07, 6.45) is 0. The van der Waals surface area contributed by atoms with Gasteiger partial charge in [-0.3, -0.25) is 9.59 Å². The summed E-state index contributed by atoms with van der Waals surface area (Å²) in [6, 6.07) is 9.84. The molecule has 8 nitrogen and oxygen atoms in total. The van der Waals surface area contributed by atoms with Crippen LogP contribution in [0.5, 0.6) is 11.5 Å². The minimum atomic E-state index is -0.885. The molecule has 0 fully saturated rings. The Bertz CT molecular complexity index is 1230. The molecule has 3 aromatic rings. The summed E-state index contributed by atoms with van der Waals surface area (Å²) in [6.45, 7) is 0.348. The van der Waals surface area contributed by atoms with Crippen LogP contribution >= 0.6 is 11.6 Å². The standard InChI is InChI=1S/C23H20ClNO7/c1-30-8-7-25-19(12-3-5-15(26)6-4-12)18(21(28)23(25)29)20(27)16-10-13-9-14(24)11-17(31-2)22(13)32-16/h3-6,9-11,19,26,28H,7-8H2,1-2H3. The molecule has 1 aliphatic heterocycles. The van der Waals surface area contributed by atoms with Crippen LogP contribution < -0.4 is 4.74 Å². The monoisotopic (exact) mass is 457 g/mol. The van der Waals surface area contributed by atoms with Crippen LogP contribution in [0.15, 0.2) is 58.2 Å². The van der Waals surface area contributed by atoms with Crippen LogP contribution in [0.4, 0.5) is 0 Å². The van der Waals surface area contributed by atoms with Crippen LogP contribution in [-0.2, 0) is 9.53 Å². The molecule has 0 spiro atoms. The van der Waals surface area contributed by atoms with E-state index in [0.29, 0.717) is 27.3 Å². The molecule has 32 heavy (non-hydrogen) atoms. The van der Waals surface area contributed by atoms with E-state index in [-0.39, 0.29) is 30.2 Å². The highest BCUT2D eigenvalue weighted by Gasteiger charge is 2.44. The number of aromatic hydroxyl groups is 1. The normalized spacial score (nSPS) is 16.3. The Labute approximate surface area is 188 Å². The number of phenolic OH excluding ortho intramolecular Hbond substituents is 1. The Kier molecular flexibility index (Phi) is 5.82. The molecule has 9 heteroatoms. The third kappa shape index (κ3) is 3.68. The molecule has 1 unspecified atom stereocenters. The molecule has 0 saturated heterocycles. The van der Waals surface area contributed by atoms with Gasteiger partial charge in [0.05, 0.1) is 25.3 Å². The van der Waals surface area contributed by atoms with Gasteiger partial charge in [0.1, 0.15) is 5.75 Å². The fourth-order valence-corrected chi connectivity index (χ4v) is 4.01. The number of aliphatic hydroxyl groups is 1. The number of phenols is 1. The summed E-state index contributed by atoms with van der Waals surface area (Å²) in [5, 5.41) is 21.2. The van der Waals surface area contributed by atoms with Crippen LogP contribution in [0.1, 0.15) is 22.2 Å². The molecule has 2 aromatic carbocycles. The van der Waals surface area contributed by atoms with Crippen molar-refractivity contribution in [3.63, 3.8) is 0 Å². The number of ketones is 1. The lowest BCUT2D eigenvalue weighted by atomic mass is 9.95. The first-order valence-corrected chi connectivity index (χ1v) is 10.1. The molecule has 4 rings (SSSR count). The number of nitrogens with zero attached hydrogens (tertiary/aromatic N) is 1. The molecule has 2 heterocycles. The van der Waals surface area contributed by atoms with Crippen molar-refractivity contribution in [2.24, 2.45) is 0 Å².